The van der Waals surface area contributed by atoms with Gasteiger partial charge in [0.05, 0.1) is 11.1 Å². The molecule has 2 heterocycles. The van der Waals surface area contributed by atoms with Crippen molar-refractivity contribution in [2.75, 3.05) is 5.75 Å². The molecule has 0 bridgehead atoms. The van der Waals surface area contributed by atoms with E-state index in [-0.39, 0.29) is 6.04 Å². The number of rotatable bonds is 6. The first-order chi connectivity index (χ1) is 9.16. The fraction of sp³-hybridized carbons (Fsp3) is 0.667. The normalized spacial score (nSPS) is 20.6. The molecule has 2 rings (SSSR count). The Balaban J connectivity index is 1.88. The van der Waals surface area contributed by atoms with Crippen LogP contribution in [0.25, 0.3) is 0 Å². The maximum atomic E-state index is 4.86. The standard InChI is InChI=1S/C15H23N3S/c1-11(2)5-4-6-12(3)15-18-14(9-19-15)13-7-16-10-17-8-13/h7-8,10-12,14H,4-6,9H2,1-3H3. The van der Waals surface area contributed by atoms with Crippen molar-refractivity contribution in [1.29, 1.82) is 0 Å². The van der Waals surface area contributed by atoms with Crippen molar-refractivity contribution in [2.24, 2.45) is 16.8 Å². The van der Waals surface area contributed by atoms with Crippen molar-refractivity contribution in [3.05, 3.63) is 24.3 Å². The van der Waals surface area contributed by atoms with Gasteiger partial charge in [0, 0.05) is 29.6 Å². The molecule has 2 unspecified atom stereocenters. The molecule has 0 amide bonds. The molecule has 3 nitrogen and oxygen atoms in total. The Kier molecular flexibility index (Phi) is 5.37. The molecule has 19 heavy (non-hydrogen) atoms. The number of nitrogens with zero attached hydrogens (tertiary/aromatic N) is 3. The fourth-order valence-electron chi connectivity index (χ4n) is 2.27. The summed E-state index contributed by atoms with van der Waals surface area (Å²) in [6, 6.07) is 0.258. The summed E-state index contributed by atoms with van der Waals surface area (Å²) < 4.78 is 0. The average Bonchev–Trinajstić information content (AvgIpc) is 2.89. The van der Waals surface area contributed by atoms with E-state index < -0.39 is 0 Å². The molecule has 104 valence electrons. The SMILES string of the molecule is CC(C)CCCC(C)C1=NC(c2cncnc2)CS1. The summed E-state index contributed by atoms with van der Waals surface area (Å²) in [5, 5.41) is 1.32. The van der Waals surface area contributed by atoms with E-state index >= 15 is 0 Å². The van der Waals surface area contributed by atoms with Gasteiger partial charge in [0.1, 0.15) is 6.33 Å². The Morgan fingerprint density at radius 1 is 1.21 bits per heavy atom. The molecule has 0 aromatic carbocycles. The van der Waals surface area contributed by atoms with Gasteiger partial charge >= 0.3 is 0 Å². The van der Waals surface area contributed by atoms with Crippen LogP contribution in [0.5, 0.6) is 0 Å². The van der Waals surface area contributed by atoms with Crippen molar-refractivity contribution in [1.82, 2.24) is 9.97 Å². The van der Waals surface area contributed by atoms with E-state index in [9.17, 15) is 0 Å². The Morgan fingerprint density at radius 2 is 1.95 bits per heavy atom. The van der Waals surface area contributed by atoms with Crippen molar-refractivity contribution in [2.45, 2.75) is 46.1 Å². The molecule has 0 spiro atoms. The lowest BCUT2D eigenvalue weighted by molar-refractivity contribution is 0.513. The first kappa shape index (κ1) is 14.5. The average molecular weight is 277 g/mol. The van der Waals surface area contributed by atoms with Crippen molar-refractivity contribution in [3.8, 4) is 0 Å². The molecule has 0 fully saturated rings. The Hall–Kier alpha value is -0.900. The highest BCUT2D eigenvalue weighted by Crippen LogP contribution is 2.33. The highest BCUT2D eigenvalue weighted by atomic mass is 32.2. The largest absolute Gasteiger partial charge is 0.274 e. The molecule has 0 N–H and O–H groups in total. The van der Waals surface area contributed by atoms with Gasteiger partial charge in [-0.2, -0.15) is 0 Å². The van der Waals surface area contributed by atoms with Crippen LogP contribution in [-0.4, -0.2) is 20.8 Å². The minimum atomic E-state index is 0.258. The smallest absolute Gasteiger partial charge is 0.115 e. The lowest BCUT2D eigenvalue weighted by Crippen LogP contribution is -2.05. The van der Waals surface area contributed by atoms with Crippen LogP contribution in [-0.2, 0) is 0 Å². The fourth-order valence-corrected chi connectivity index (χ4v) is 3.47. The summed E-state index contributed by atoms with van der Waals surface area (Å²) in [5.74, 6) is 2.44. The van der Waals surface area contributed by atoms with Gasteiger partial charge in [-0.1, -0.05) is 33.6 Å². The molecule has 1 aliphatic heterocycles. The predicted molar refractivity (Wildman–Crippen MR) is 82.5 cm³/mol. The van der Waals surface area contributed by atoms with Crippen LogP contribution < -0.4 is 0 Å². The number of hydrogen-bond acceptors (Lipinski definition) is 4. The van der Waals surface area contributed by atoms with Gasteiger partial charge in [0.25, 0.3) is 0 Å². The van der Waals surface area contributed by atoms with Gasteiger partial charge < -0.3 is 0 Å². The minimum absolute atomic E-state index is 0.258. The van der Waals surface area contributed by atoms with Crippen molar-refractivity contribution >= 4 is 16.8 Å². The van der Waals surface area contributed by atoms with Crippen LogP contribution in [0, 0.1) is 11.8 Å². The molecule has 2 atom stereocenters. The minimum Gasteiger partial charge on any atom is -0.274 e. The molecule has 1 aliphatic rings. The zero-order valence-electron chi connectivity index (χ0n) is 12.0. The molecule has 1 aromatic rings. The molecule has 0 saturated carbocycles. The highest BCUT2D eigenvalue weighted by Gasteiger charge is 2.23. The van der Waals surface area contributed by atoms with Gasteiger partial charge in [-0.05, 0) is 12.3 Å². The number of aliphatic imine (C=N–C) groups is 1. The van der Waals surface area contributed by atoms with Gasteiger partial charge in [0.15, 0.2) is 0 Å². The van der Waals surface area contributed by atoms with E-state index in [2.05, 4.69) is 30.7 Å². The third-order valence-corrected chi connectivity index (χ3v) is 4.76. The Bertz CT molecular complexity index is 417. The quantitative estimate of drug-likeness (QED) is 0.785. The van der Waals surface area contributed by atoms with E-state index in [0.29, 0.717) is 5.92 Å². The third-order valence-electron chi connectivity index (χ3n) is 3.48. The van der Waals surface area contributed by atoms with E-state index in [4.69, 9.17) is 4.99 Å². The summed E-state index contributed by atoms with van der Waals surface area (Å²) >= 11 is 1.91. The molecule has 0 radical (unpaired) electrons. The molecule has 0 aliphatic carbocycles. The Labute approximate surface area is 120 Å². The first-order valence-electron chi connectivity index (χ1n) is 7.12. The zero-order chi connectivity index (χ0) is 13.7. The zero-order valence-corrected chi connectivity index (χ0v) is 12.9. The second-order valence-corrected chi connectivity index (χ2v) is 6.73. The molecular formula is C15H23N3S. The predicted octanol–water partition coefficient (Wildman–Crippen LogP) is 4.13. The maximum Gasteiger partial charge on any atom is 0.115 e. The topological polar surface area (TPSA) is 38.1 Å². The number of thioether (sulfide) groups is 1. The van der Waals surface area contributed by atoms with Gasteiger partial charge in [-0.15, -0.1) is 11.8 Å². The van der Waals surface area contributed by atoms with E-state index in [1.54, 1.807) is 6.33 Å². The first-order valence-corrected chi connectivity index (χ1v) is 8.10. The van der Waals surface area contributed by atoms with Gasteiger partial charge in [-0.3, -0.25) is 4.99 Å². The second kappa shape index (κ2) is 7.04. The van der Waals surface area contributed by atoms with Crippen molar-refractivity contribution in [3.63, 3.8) is 0 Å². The van der Waals surface area contributed by atoms with Crippen LogP contribution in [0.2, 0.25) is 0 Å². The summed E-state index contributed by atoms with van der Waals surface area (Å²) in [6.45, 7) is 6.88. The van der Waals surface area contributed by atoms with Gasteiger partial charge in [-0.25, -0.2) is 9.97 Å². The monoisotopic (exact) mass is 277 g/mol. The maximum absolute atomic E-state index is 4.86. The van der Waals surface area contributed by atoms with Crippen molar-refractivity contribution < 1.29 is 0 Å². The van der Waals surface area contributed by atoms with Crippen LogP contribution >= 0.6 is 11.8 Å². The second-order valence-electron chi connectivity index (χ2n) is 5.69. The number of hydrogen-bond donors (Lipinski definition) is 0. The van der Waals surface area contributed by atoms with Gasteiger partial charge in [0.2, 0.25) is 0 Å². The summed E-state index contributed by atoms with van der Waals surface area (Å²) in [7, 11) is 0. The van der Waals surface area contributed by atoms with Crippen LogP contribution in [0.4, 0.5) is 0 Å². The lowest BCUT2D eigenvalue weighted by Gasteiger charge is -2.11. The summed E-state index contributed by atoms with van der Waals surface area (Å²) in [6.07, 6.45) is 9.21. The van der Waals surface area contributed by atoms with Crippen LogP contribution in [0.15, 0.2) is 23.7 Å². The molecule has 0 saturated heterocycles. The van der Waals surface area contributed by atoms with E-state index in [1.807, 2.05) is 24.2 Å². The van der Waals surface area contributed by atoms with E-state index in [0.717, 1.165) is 17.2 Å². The molecule has 1 aromatic heterocycles. The third kappa shape index (κ3) is 4.30. The molecule has 4 heteroatoms. The Morgan fingerprint density at radius 3 is 2.63 bits per heavy atom. The van der Waals surface area contributed by atoms with Crippen LogP contribution in [0.3, 0.4) is 0 Å². The summed E-state index contributed by atoms with van der Waals surface area (Å²) in [5.41, 5.74) is 1.14. The lowest BCUT2D eigenvalue weighted by atomic mass is 10.0. The van der Waals surface area contributed by atoms with E-state index in [1.165, 1.54) is 24.3 Å². The molecular weight excluding hydrogens is 254 g/mol. The number of aromatic nitrogens is 2. The highest BCUT2D eigenvalue weighted by molar-refractivity contribution is 8.14. The summed E-state index contributed by atoms with van der Waals surface area (Å²) in [4.78, 5) is 13.0. The van der Waals surface area contributed by atoms with Crippen LogP contribution in [0.1, 0.15) is 51.6 Å².